The van der Waals surface area contributed by atoms with Crippen LogP contribution >= 0.6 is 0 Å². The Morgan fingerprint density at radius 1 is 1.12 bits per heavy atom. The standard InChI is InChI=1S/C22H24N2O2/c1-15-9-11-18(12-10-15)24-14-17(13-21(24)25)22(26)23-20-8-4-6-16-5-2-3-7-19(16)20/h2-3,5,7,9-12,17,20H,4,6,8,13-14H2,1H3,(H,23,26)/t17-,20-/m1/s1. The lowest BCUT2D eigenvalue weighted by molar-refractivity contribution is -0.127. The summed E-state index contributed by atoms with van der Waals surface area (Å²) >= 11 is 0. The normalized spacial score (nSPS) is 22.2. The van der Waals surface area contributed by atoms with E-state index < -0.39 is 0 Å². The maximum atomic E-state index is 12.8. The molecule has 1 aliphatic carbocycles. The highest BCUT2D eigenvalue weighted by Crippen LogP contribution is 2.31. The Labute approximate surface area is 154 Å². The van der Waals surface area contributed by atoms with Gasteiger partial charge in [0.2, 0.25) is 11.8 Å². The van der Waals surface area contributed by atoms with E-state index in [1.807, 2.05) is 37.3 Å². The maximum Gasteiger partial charge on any atom is 0.227 e. The number of aryl methyl sites for hydroxylation is 2. The van der Waals surface area contributed by atoms with E-state index in [4.69, 9.17) is 0 Å². The molecule has 2 aliphatic rings. The van der Waals surface area contributed by atoms with Crippen molar-refractivity contribution in [2.45, 2.75) is 38.6 Å². The molecular weight excluding hydrogens is 324 g/mol. The molecular formula is C22H24N2O2. The number of hydrogen-bond acceptors (Lipinski definition) is 2. The van der Waals surface area contributed by atoms with Crippen LogP contribution in [0.3, 0.4) is 0 Å². The van der Waals surface area contributed by atoms with Crippen molar-refractivity contribution in [3.8, 4) is 0 Å². The van der Waals surface area contributed by atoms with Gasteiger partial charge in [-0.25, -0.2) is 0 Å². The van der Waals surface area contributed by atoms with Gasteiger partial charge in [0, 0.05) is 18.7 Å². The van der Waals surface area contributed by atoms with E-state index in [9.17, 15) is 9.59 Å². The van der Waals surface area contributed by atoms with Crippen molar-refractivity contribution in [2.75, 3.05) is 11.4 Å². The van der Waals surface area contributed by atoms with E-state index in [0.717, 1.165) is 30.5 Å². The molecule has 0 spiro atoms. The average molecular weight is 348 g/mol. The van der Waals surface area contributed by atoms with Crippen LogP contribution in [-0.4, -0.2) is 18.4 Å². The van der Waals surface area contributed by atoms with Gasteiger partial charge in [-0.05, 0) is 49.4 Å². The summed E-state index contributed by atoms with van der Waals surface area (Å²) in [7, 11) is 0. The summed E-state index contributed by atoms with van der Waals surface area (Å²) in [6.07, 6.45) is 3.41. The van der Waals surface area contributed by atoms with Gasteiger partial charge >= 0.3 is 0 Å². The first-order valence-corrected chi connectivity index (χ1v) is 9.37. The fourth-order valence-electron chi connectivity index (χ4n) is 4.05. The van der Waals surface area contributed by atoms with Gasteiger partial charge in [-0.1, -0.05) is 42.0 Å². The predicted octanol–water partition coefficient (Wildman–Crippen LogP) is 3.54. The van der Waals surface area contributed by atoms with Crippen molar-refractivity contribution in [2.24, 2.45) is 5.92 Å². The molecule has 4 heteroatoms. The second-order valence-electron chi connectivity index (χ2n) is 7.39. The monoisotopic (exact) mass is 348 g/mol. The lowest BCUT2D eigenvalue weighted by Gasteiger charge is -2.27. The van der Waals surface area contributed by atoms with Crippen LogP contribution in [0.5, 0.6) is 0 Å². The number of anilines is 1. The molecule has 1 aliphatic heterocycles. The third-order valence-corrected chi connectivity index (χ3v) is 5.53. The van der Waals surface area contributed by atoms with E-state index in [0.29, 0.717) is 6.54 Å². The van der Waals surface area contributed by atoms with Gasteiger partial charge in [-0.3, -0.25) is 9.59 Å². The highest BCUT2D eigenvalue weighted by atomic mass is 16.2. The summed E-state index contributed by atoms with van der Waals surface area (Å²) in [5.74, 6) is -0.259. The molecule has 2 aromatic rings. The molecule has 4 rings (SSSR count). The minimum Gasteiger partial charge on any atom is -0.349 e. The molecule has 4 nitrogen and oxygen atoms in total. The van der Waals surface area contributed by atoms with Gasteiger partial charge in [0.1, 0.15) is 0 Å². The molecule has 0 radical (unpaired) electrons. The van der Waals surface area contributed by atoms with Crippen LogP contribution in [0.25, 0.3) is 0 Å². The molecule has 1 heterocycles. The number of amides is 2. The highest BCUT2D eigenvalue weighted by Gasteiger charge is 2.36. The largest absolute Gasteiger partial charge is 0.349 e. The molecule has 0 aromatic heterocycles. The van der Waals surface area contributed by atoms with Crippen molar-refractivity contribution in [1.82, 2.24) is 5.32 Å². The van der Waals surface area contributed by atoms with E-state index in [1.165, 1.54) is 11.1 Å². The Kier molecular flexibility index (Phi) is 4.49. The lowest BCUT2D eigenvalue weighted by Crippen LogP contribution is -2.36. The molecule has 0 saturated carbocycles. The number of rotatable bonds is 3. The van der Waals surface area contributed by atoms with E-state index in [-0.39, 0.29) is 30.2 Å². The van der Waals surface area contributed by atoms with Crippen LogP contribution in [0, 0.1) is 12.8 Å². The van der Waals surface area contributed by atoms with Crippen molar-refractivity contribution in [3.05, 3.63) is 65.2 Å². The van der Waals surface area contributed by atoms with Crippen molar-refractivity contribution in [1.29, 1.82) is 0 Å². The molecule has 1 N–H and O–H groups in total. The zero-order chi connectivity index (χ0) is 18.1. The smallest absolute Gasteiger partial charge is 0.227 e. The molecule has 134 valence electrons. The van der Waals surface area contributed by atoms with E-state index in [2.05, 4.69) is 23.5 Å². The fraction of sp³-hybridized carbons (Fsp3) is 0.364. The Hall–Kier alpha value is -2.62. The number of benzene rings is 2. The van der Waals surface area contributed by atoms with E-state index >= 15 is 0 Å². The fourth-order valence-corrected chi connectivity index (χ4v) is 4.05. The van der Waals surface area contributed by atoms with Crippen LogP contribution in [0.15, 0.2) is 48.5 Å². The maximum absolute atomic E-state index is 12.8. The minimum atomic E-state index is -0.280. The second-order valence-corrected chi connectivity index (χ2v) is 7.39. The third kappa shape index (κ3) is 3.24. The molecule has 26 heavy (non-hydrogen) atoms. The first-order valence-electron chi connectivity index (χ1n) is 9.37. The van der Waals surface area contributed by atoms with Gasteiger partial charge in [0.25, 0.3) is 0 Å². The summed E-state index contributed by atoms with van der Waals surface area (Å²) in [6, 6.07) is 16.3. The molecule has 0 bridgehead atoms. The number of nitrogens with one attached hydrogen (secondary N) is 1. The van der Waals surface area contributed by atoms with Gasteiger partial charge in [0.15, 0.2) is 0 Å². The number of fused-ring (bicyclic) bond motifs is 1. The summed E-state index contributed by atoms with van der Waals surface area (Å²) in [4.78, 5) is 27.0. The summed E-state index contributed by atoms with van der Waals surface area (Å²) < 4.78 is 0. The molecule has 0 unspecified atom stereocenters. The first kappa shape index (κ1) is 16.8. The van der Waals surface area contributed by atoms with Crippen molar-refractivity contribution < 1.29 is 9.59 Å². The highest BCUT2D eigenvalue weighted by molar-refractivity contribution is 6.00. The third-order valence-electron chi connectivity index (χ3n) is 5.53. The van der Waals surface area contributed by atoms with Gasteiger partial charge in [-0.2, -0.15) is 0 Å². The van der Waals surface area contributed by atoms with Crippen molar-refractivity contribution >= 4 is 17.5 Å². The Morgan fingerprint density at radius 2 is 1.88 bits per heavy atom. The number of carbonyl (C=O) groups is 2. The molecule has 1 saturated heterocycles. The lowest BCUT2D eigenvalue weighted by atomic mass is 9.87. The number of nitrogens with zero attached hydrogens (tertiary/aromatic N) is 1. The van der Waals surface area contributed by atoms with Gasteiger partial charge in [-0.15, -0.1) is 0 Å². The quantitative estimate of drug-likeness (QED) is 0.922. The molecule has 2 aromatic carbocycles. The summed E-state index contributed by atoms with van der Waals surface area (Å²) in [6.45, 7) is 2.48. The van der Waals surface area contributed by atoms with Crippen LogP contribution < -0.4 is 10.2 Å². The summed E-state index contributed by atoms with van der Waals surface area (Å²) in [5, 5.41) is 3.20. The van der Waals surface area contributed by atoms with Gasteiger partial charge < -0.3 is 10.2 Å². The van der Waals surface area contributed by atoms with E-state index in [1.54, 1.807) is 4.90 Å². The SMILES string of the molecule is Cc1ccc(N2C[C@H](C(=O)N[C@@H]3CCCc4ccccc43)CC2=O)cc1. The van der Waals surface area contributed by atoms with Crippen LogP contribution in [-0.2, 0) is 16.0 Å². The van der Waals surface area contributed by atoms with Crippen LogP contribution in [0.1, 0.15) is 42.0 Å². The topological polar surface area (TPSA) is 49.4 Å². The number of carbonyl (C=O) groups excluding carboxylic acids is 2. The summed E-state index contributed by atoms with van der Waals surface area (Å²) in [5.41, 5.74) is 4.59. The first-order chi connectivity index (χ1) is 12.6. The van der Waals surface area contributed by atoms with Crippen LogP contribution in [0.2, 0.25) is 0 Å². The molecule has 2 atom stereocenters. The Bertz CT molecular complexity index is 828. The predicted molar refractivity (Wildman–Crippen MR) is 102 cm³/mol. The zero-order valence-electron chi connectivity index (χ0n) is 15.1. The van der Waals surface area contributed by atoms with Gasteiger partial charge in [0.05, 0.1) is 12.0 Å². The average Bonchev–Trinajstić information content (AvgIpc) is 3.05. The second kappa shape index (κ2) is 6.94. The van der Waals surface area contributed by atoms with Crippen molar-refractivity contribution in [3.63, 3.8) is 0 Å². The Morgan fingerprint density at radius 3 is 2.69 bits per heavy atom. The molecule has 1 fully saturated rings. The Balaban J connectivity index is 1.45. The van der Waals surface area contributed by atoms with Crippen LogP contribution in [0.4, 0.5) is 5.69 Å². The number of hydrogen-bond donors (Lipinski definition) is 1. The minimum absolute atomic E-state index is 0.00494. The molecule has 2 amide bonds. The zero-order valence-corrected chi connectivity index (χ0v) is 15.1.